The van der Waals surface area contributed by atoms with Crippen LogP contribution in [0.4, 0.5) is 0 Å². The smallest absolute Gasteiger partial charge is 0.238 e. The quantitative estimate of drug-likeness (QED) is 0.896. The fraction of sp³-hybridized carbons (Fsp3) is 0.200. The average molecular weight is 303 g/mol. The Hall–Kier alpha value is -1.64. The van der Waals surface area contributed by atoms with E-state index >= 15 is 0 Å². The van der Waals surface area contributed by atoms with E-state index in [-0.39, 0.29) is 16.5 Å². The number of primary sulfonamides is 1. The number of hydrogen-bond acceptors (Lipinski definition) is 5. The minimum Gasteiger partial charge on any atom is -0.486 e. The van der Waals surface area contributed by atoms with Gasteiger partial charge in [0, 0.05) is 7.05 Å². The molecule has 2 aromatic rings. The van der Waals surface area contributed by atoms with Crippen molar-refractivity contribution in [3.05, 3.63) is 35.1 Å². The predicted octanol–water partition coefficient (Wildman–Crippen LogP) is 0.695. The molecule has 7 nitrogen and oxygen atoms in total. The molecule has 0 radical (unpaired) electrons. The molecule has 9 heteroatoms. The van der Waals surface area contributed by atoms with Crippen LogP contribution in [0, 0.1) is 0 Å². The Labute approximate surface area is 115 Å². The molecule has 0 atom stereocenters. The highest BCUT2D eigenvalue weighted by molar-refractivity contribution is 7.89. The van der Waals surface area contributed by atoms with Crippen LogP contribution in [0.1, 0.15) is 5.69 Å². The number of hydrogen-bond donors (Lipinski definition) is 1. The summed E-state index contributed by atoms with van der Waals surface area (Å²) in [6.07, 6.45) is 1.70. The highest BCUT2D eigenvalue weighted by Gasteiger charge is 2.11. The Kier molecular flexibility index (Phi) is 3.74. The second kappa shape index (κ2) is 5.16. The molecule has 0 aliphatic rings. The third-order valence-corrected chi connectivity index (χ3v) is 3.46. The van der Waals surface area contributed by atoms with Crippen LogP contribution in [-0.4, -0.2) is 23.4 Å². The number of sulfonamides is 1. The molecule has 0 bridgehead atoms. The molecule has 0 fully saturated rings. The molecule has 19 heavy (non-hydrogen) atoms. The van der Waals surface area contributed by atoms with Crippen LogP contribution in [0.25, 0.3) is 0 Å². The molecule has 102 valence electrons. The van der Waals surface area contributed by atoms with Gasteiger partial charge in [0.1, 0.15) is 18.1 Å². The van der Waals surface area contributed by atoms with Gasteiger partial charge in [-0.1, -0.05) is 16.8 Å². The van der Waals surface area contributed by atoms with Gasteiger partial charge in [-0.25, -0.2) is 13.6 Å². The molecule has 1 heterocycles. The lowest BCUT2D eigenvalue weighted by molar-refractivity contribution is 0.301. The summed E-state index contributed by atoms with van der Waals surface area (Å²) in [5, 5.41) is 12.8. The van der Waals surface area contributed by atoms with Crippen LogP contribution in [0.2, 0.25) is 5.02 Å². The Balaban J connectivity index is 2.14. The summed E-state index contributed by atoms with van der Waals surface area (Å²) in [7, 11) is -2.03. The zero-order valence-electron chi connectivity index (χ0n) is 9.95. The fourth-order valence-corrected chi connectivity index (χ4v) is 2.23. The molecular weight excluding hydrogens is 292 g/mol. The lowest BCUT2D eigenvalue weighted by Gasteiger charge is -2.07. The van der Waals surface area contributed by atoms with Gasteiger partial charge < -0.3 is 4.74 Å². The lowest BCUT2D eigenvalue weighted by Crippen LogP contribution is -2.12. The van der Waals surface area contributed by atoms with E-state index in [1.807, 2.05) is 0 Å². The summed E-state index contributed by atoms with van der Waals surface area (Å²) < 4.78 is 29.2. The summed E-state index contributed by atoms with van der Waals surface area (Å²) in [4.78, 5) is -0.0654. The standard InChI is InChI=1S/C10H11ClN4O3S/c1-15-5-7(13-14-15)6-18-10-3-2-8(4-9(10)11)19(12,16)17/h2-5H,6H2,1H3,(H2,12,16,17). The van der Waals surface area contributed by atoms with Crippen molar-refractivity contribution in [1.29, 1.82) is 0 Å². The number of benzene rings is 1. The molecule has 0 spiro atoms. The maximum Gasteiger partial charge on any atom is 0.238 e. The topological polar surface area (TPSA) is 100 Å². The van der Waals surface area contributed by atoms with Crippen LogP contribution in [0.5, 0.6) is 5.75 Å². The number of nitrogens with zero attached hydrogens (tertiary/aromatic N) is 3. The second-order valence-corrected chi connectivity index (χ2v) is 5.78. The van der Waals surface area contributed by atoms with Crippen LogP contribution < -0.4 is 9.88 Å². The number of aromatic nitrogens is 3. The molecule has 0 amide bonds. The van der Waals surface area contributed by atoms with Crippen molar-refractivity contribution >= 4 is 21.6 Å². The van der Waals surface area contributed by atoms with Crippen molar-refractivity contribution < 1.29 is 13.2 Å². The summed E-state index contributed by atoms with van der Waals surface area (Å²) >= 11 is 5.92. The Bertz CT molecular complexity index is 699. The first kappa shape index (κ1) is 13.8. The molecule has 1 aromatic carbocycles. The van der Waals surface area contributed by atoms with Gasteiger partial charge in [0.25, 0.3) is 0 Å². The number of nitrogens with two attached hydrogens (primary N) is 1. The van der Waals surface area contributed by atoms with Gasteiger partial charge in [0.05, 0.1) is 16.1 Å². The van der Waals surface area contributed by atoms with Crippen LogP contribution in [0.3, 0.4) is 0 Å². The van der Waals surface area contributed by atoms with E-state index in [0.29, 0.717) is 11.4 Å². The van der Waals surface area contributed by atoms with Crippen LogP contribution in [-0.2, 0) is 23.7 Å². The van der Waals surface area contributed by atoms with E-state index in [2.05, 4.69) is 10.3 Å². The molecular formula is C10H11ClN4O3S. The van der Waals surface area contributed by atoms with Gasteiger partial charge in [-0.3, -0.25) is 4.68 Å². The van der Waals surface area contributed by atoms with Crippen LogP contribution in [0.15, 0.2) is 29.3 Å². The molecule has 0 saturated carbocycles. The van der Waals surface area contributed by atoms with E-state index in [1.54, 1.807) is 17.9 Å². The highest BCUT2D eigenvalue weighted by atomic mass is 35.5. The predicted molar refractivity (Wildman–Crippen MR) is 68.2 cm³/mol. The highest BCUT2D eigenvalue weighted by Crippen LogP contribution is 2.27. The monoisotopic (exact) mass is 302 g/mol. The van der Waals surface area contributed by atoms with E-state index < -0.39 is 10.0 Å². The van der Waals surface area contributed by atoms with E-state index in [4.69, 9.17) is 21.5 Å². The zero-order valence-corrected chi connectivity index (χ0v) is 11.5. The Morgan fingerprint density at radius 1 is 1.47 bits per heavy atom. The van der Waals surface area contributed by atoms with Gasteiger partial charge in [-0.15, -0.1) is 5.10 Å². The van der Waals surface area contributed by atoms with Crippen molar-refractivity contribution in [2.45, 2.75) is 11.5 Å². The van der Waals surface area contributed by atoms with Gasteiger partial charge in [-0.2, -0.15) is 0 Å². The molecule has 0 aliphatic heterocycles. The minimum absolute atomic E-state index is 0.0654. The second-order valence-electron chi connectivity index (χ2n) is 3.81. The number of ether oxygens (including phenoxy) is 1. The van der Waals surface area contributed by atoms with Gasteiger partial charge in [0.15, 0.2) is 0 Å². The van der Waals surface area contributed by atoms with Crippen molar-refractivity contribution in [2.24, 2.45) is 12.2 Å². The van der Waals surface area contributed by atoms with Crippen molar-refractivity contribution in [3.63, 3.8) is 0 Å². The fourth-order valence-electron chi connectivity index (χ4n) is 1.39. The largest absolute Gasteiger partial charge is 0.486 e. The van der Waals surface area contributed by atoms with E-state index in [0.717, 1.165) is 0 Å². The third kappa shape index (κ3) is 3.43. The number of halogens is 1. The zero-order chi connectivity index (χ0) is 14.0. The summed E-state index contributed by atoms with van der Waals surface area (Å²) in [5.74, 6) is 0.347. The summed E-state index contributed by atoms with van der Waals surface area (Å²) in [6.45, 7) is 0.183. The molecule has 2 rings (SSSR count). The Morgan fingerprint density at radius 3 is 2.74 bits per heavy atom. The van der Waals surface area contributed by atoms with Crippen molar-refractivity contribution in [1.82, 2.24) is 15.0 Å². The average Bonchev–Trinajstić information content (AvgIpc) is 2.72. The number of aryl methyl sites for hydroxylation is 1. The summed E-state index contributed by atoms with van der Waals surface area (Å²) in [5.41, 5.74) is 0.633. The van der Waals surface area contributed by atoms with Gasteiger partial charge in [0.2, 0.25) is 10.0 Å². The molecule has 1 aromatic heterocycles. The molecule has 2 N–H and O–H groups in total. The SMILES string of the molecule is Cn1cc(COc2ccc(S(N)(=O)=O)cc2Cl)nn1. The van der Waals surface area contributed by atoms with Gasteiger partial charge in [-0.05, 0) is 18.2 Å². The van der Waals surface area contributed by atoms with Crippen LogP contribution >= 0.6 is 11.6 Å². The minimum atomic E-state index is -3.77. The van der Waals surface area contributed by atoms with Gasteiger partial charge >= 0.3 is 0 Å². The first-order chi connectivity index (χ1) is 8.86. The maximum atomic E-state index is 11.1. The van der Waals surface area contributed by atoms with E-state index in [1.165, 1.54) is 18.2 Å². The number of rotatable bonds is 4. The lowest BCUT2D eigenvalue weighted by atomic mass is 10.3. The van der Waals surface area contributed by atoms with E-state index in [9.17, 15) is 8.42 Å². The third-order valence-electron chi connectivity index (χ3n) is 2.26. The first-order valence-corrected chi connectivity index (χ1v) is 7.09. The van der Waals surface area contributed by atoms with Crippen molar-refractivity contribution in [3.8, 4) is 5.75 Å². The Morgan fingerprint density at radius 2 is 2.21 bits per heavy atom. The molecule has 0 saturated heterocycles. The first-order valence-electron chi connectivity index (χ1n) is 5.16. The summed E-state index contributed by atoms with van der Waals surface area (Å²) in [6, 6.07) is 4.01. The normalized spacial score (nSPS) is 11.5. The molecule has 0 aliphatic carbocycles. The molecule has 0 unspecified atom stereocenters. The maximum absolute atomic E-state index is 11.1. The van der Waals surface area contributed by atoms with Crippen molar-refractivity contribution in [2.75, 3.05) is 0 Å².